The first kappa shape index (κ1) is 13.7. The molecular weight excluding hydrogens is 331 g/mol. The molecule has 19 heavy (non-hydrogen) atoms. The second kappa shape index (κ2) is 5.08. The van der Waals surface area contributed by atoms with Gasteiger partial charge in [-0.05, 0) is 12.1 Å². The third-order valence-electron chi connectivity index (χ3n) is 2.10. The van der Waals surface area contributed by atoms with E-state index in [9.17, 15) is 18.0 Å². The van der Waals surface area contributed by atoms with Crippen LogP contribution in [0.25, 0.3) is 11.4 Å². The lowest BCUT2D eigenvalue weighted by Crippen LogP contribution is -2.05. The van der Waals surface area contributed by atoms with Crippen molar-refractivity contribution in [3.05, 3.63) is 29.9 Å². The second-order valence-electron chi connectivity index (χ2n) is 3.41. The molecule has 5 nitrogen and oxygen atoms in total. The number of hydrogen-bond donors (Lipinski definition) is 0. The smallest absolute Gasteiger partial charge is 0.329 e. The zero-order valence-corrected chi connectivity index (χ0v) is 10.7. The lowest BCUT2D eigenvalue weighted by molar-refractivity contribution is -0.159. The summed E-state index contributed by atoms with van der Waals surface area (Å²) in [5, 5.41) is 3.32. The number of Topliss-reactive ketones (excluding diaryl/α,β-unsaturated/α-hetero) is 1. The molecule has 0 fully saturated rings. The Morgan fingerprint density at radius 2 is 2.11 bits per heavy atom. The number of nitrogens with zero attached hydrogens (tertiary/aromatic N) is 3. The van der Waals surface area contributed by atoms with Crippen LogP contribution in [0.3, 0.4) is 0 Å². The molecule has 2 aromatic rings. The molecule has 0 amide bonds. The Morgan fingerprint density at radius 1 is 1.37 bits per heavy atom. The highest BCUT2D eigenvalue weighted by molar-refractivity contribution is 9.09. The molecule has 0 aliphatic carbocycles. The molecule has 0 unspecified atom stereocenters. The molecular formula is C10H5BrF3N3O2. The van der Waals surface area contributed by atoms with E-state index in [0.717, 1.165) is 0 Å². The van der Waals surface area contributed by atoms with Crippen molar-refractivity contribution < 1.29 is 22.5 Å². The maximum absolute atomic E-state index is 12.3. The first-order chi connectivity index (χ1) is 8.91. The molecule has 9 heteroatoms. The highest BCUT2D eigenvalue weighted by atomic mass is 79.9. The third kappa shape index (κ3) is 2.98. The van der Waals surface area contributed by atoms with Gasteiger partial charge in [-0.15, -0.1) is 0 Å². The summed E-state index contributed by atoms with van der Waals surface area (Å²) in [4.78, 5) is 18.3. The van der Waals surface area contributed by atoms with E-state index in [1.54, 1.807) is 0 Å². The van der Waals surface area contributed by atoms with Crippen molar-refractivity contribution >= 4 is 21.7 Å². The highest BCUT2D eigenvalue weighted by Gasteiger charge is 2.38. The molecule has 0 aromatic carbocycles. The summed E-state index contributed by atoms with van der Waals surface area (Å²) >= 11 is 2.99. The standard InChI is InChI=1S/C10H5BrF3N3O2/c11-3-7(18)6-2-1-5(4-15-6)8-16-9(19-17-8)10(12,13)14/h1-2,4H,3H2. The van der Waals surface area contributed by atoms with Gasteiger partial charge in [0, 0.05) is 11.8 Å². The Hall–Kier alpha value is -1.77. The zero-order chi connectivity index (χ0) is 14.0. The number of carbonyl (C=O) groups is 1. The number of halogens is 4. The number of ketones is 1. The van der Waals surface area contributed by atoms with Gasteiger partial charge in [-0.3, -0.25) is 9.78 Å². The van der Waals surface area contributed by atoms with Gasteiger partial charge in [0.15, 0.2) is 5.78 Å². The Labute approximate surface area is 113 Å². The van der Waals surface area contributed by atoms with Crippen LogP contribution in [0.1, 0.15) is 16.4 Å². The summed E-state index contributed by atoms with van der Waals surface area (Å²) < 4.78 is 40.9. The predicted molar refractivity (Wildman–Crippen MR) is 60.7 cm³/mol. The van der Waals surface area contributed by atoms with E-state index in [0.29, 0.717) is 0 Å². The van der Waals surface area contributed by atoms with E-state index in [4.69, 9.17) is 0 Å². The first-order valence-electron chi connectivity index (χ1n) is 4.88. The third-order valence-corrected chi connectivity index (χ3v) is 2.61. The minimum Gasteiger partial charge on any atom is -0.329 e. The normalized spacial score (nSPS) is 11.6. The van der Waals surface area contributed by atoms with Gasteiger partial charge in [-0.1, -0.05) is 21.1 Å². The van der Waals surface area contributed by atoms with Crippen LogP contribution in [0, 0.1) is 0 Å². The Bertz CT molecular complexity index is 595. The Balaban J connectivity index is 2.28. The van der Waals surface area contributed by atoms with Crippen molar-refractivity contribution in [2.75, 3.05) is 5.33 Å². The molecule has 0 saturated heterocycles. The summed E-state index contributed by atoms with van der Waals surface area (Å²) in [6.45, 7) is 0. The average Bonchev–Trinajstić information content (AvgIpc) is 2.87. The highest BCUT2D eigenvalue weighted by Crippen LogP contribution is 2.29. The van der Waals surface area contributed by atoms with Crippen LogP contribution >= 0.6 is 15.9 Å². The molecule has 2 heterocycles. The summed E-state index contributed by atoms with van der Waals surface area (Å²) in [5.41, 5.74) is 0.422. The fourth-order valence-electron chi connectivity index (χ4n) is 1.22. The molecule has 0 aliphatic rings. The second-order valence-corrected chi connectivity index (χ2v) is 3.97. The molecule has 100 valence electrons. The number of alkyl halides is 4. The van der Waals surface area contributed by atoms with Gasteiger partial charge in [-0.25, -0.2) is 0 Å². The van der Waals surface area contributed by atoms with Crippen LogP contribution in [-0.2, 0) is 6.18 Å². The van der Waals surface area contributed by atoms with E-state index < -0.39 is 12.1 Å². The molecule has 0 saturated carbocycles. The molecule has 2 aromatic heterocycles. The van der Waals surface area contributed by atoms with Crippen LogP contribution in [0.2, 0.25) is 0 Å². The van der Waals surface area contributed by atoms with E-state index >= 15 is 0 Å². The Kier molecular flexibility index (Phi) is 3.65. The predicted octanol–water partition coefficient (Wildman–Crippen LogP) is 2.73. The van der Waals surface area contributed by atoms with E-state index in [2.05, 4.69) is 35.6 Å². The molecule has 0 N–H and O–H groups in total. The van der Waals surface area contributed by atoms with Gasteiger partial charge in [0.2, 0.25) is 5.82 Å². The van der Waals surface area contributed by atoms with E-state index in [-0.39, 0.29) is 28.2 Å². The summed E-state index contributed by atoms with van der Waals surface area (Å²) in [6, 6.07) is 2.77. The van der Waals surface area contributed by atoms with Gasteiger partial charge < -0.3 is 4.52 Å². The fourth-order valence-corrected chi connectivity index (χ4v) is 1.50. The lowest BCUT2D eigenvalue weighted by Gasteiger charge is -1.98. The minimum absolute atomic E-state index is 0.111. The van der Waals surface area contributed by atoms with Crippen molar-refractivity contribution in [3.63, 3.8) is 0 Å². The van der Waals surface area contributed by atoms with E-state index in [1.165, 1.54) is 18.3 Å². The van der Waals surface area contributed by atoms with Crippen LogP contribution in [-0.4, -0.2) is 26.2 Å². The Morgan fingerprint density at radius 3 is 2.58 bits per heavy atom. The average molecular weight is 336 g/mol. The van der Waals surface area contributed by atoms with Gasteiger partial charge in [0.05, 0.1) is 5.33 Å². The lowest BCUT2D eigenvalue weighted by atomic mass is 10.2. The van der Waals surface area contributed by atoms with Crippen LogP contribution in [0.4, 0.5) is 13.2 Å². The maximum atomic E-state index is 12.3. The maximum Gasteiger partial charge on any atom is 0.471 e. The van der Waals surface area contributed by atoms with Crippen molar-refractivity contribution in [1.82, 2.24) is 15.1 Å². The largest absolute Gasteiger partial charge is 0.471 e. The SMILES string of the molecule is O=C(CBr)c1ccc(-c2noc(C(F)(F)F)n2)cn1. The zero-order valence-electron chi connectivity index (χ0n) is 9.11. The van der Waals surface area contributed by atoms with Gasteiger partial charge in [0.1, 0.15) is 5.69 Å². The molecule has 0 radical (unpaired) electrons. The van der Waals surface area contributed by atoms with Crippen molar-refractivity contribution in [3.8, 4) is 11.4 Å². The molecule has 0 atom stereocenters. The first-order valence-corrected chi connectivity index (χ1v) is 6.00. The summed E-state index contributed by atoms with van der Waals surface area (Å²) in [6.07, 6.45) is -3.48. The van der Waals surface area contributed by atoms with Crippen LogP contribution in [0.5, 0.6) is 0 Å². The van der Waals surface area contributed by atoms with Crippen molar-refractivity contribution in [2.24, 2.45) is 0 Å². The minimum atomic E-state index is -4.69. The van der Waals surface area contributed by atoms with Crippen LogP contribution in [0.15, 0.2) is 22.9 Å². The van der Waals surface area contributed by atoms with Crippen molar-refractivity contribution in [1.29, 1.82) is 0 Å². The summed E-state index contributed by atoms with van der Waals surface area (Å²) in [5.74, 6) is -1.91. The molecule has 0 bridgehead atoms. The van der Waals surface area contributed by atoms with Crippen molar-refractivity contribution in [2.45, 2.75) is 6.18 Å². The fraction of sp³-hybridized carbons (Fsp3) is 0.200. The number of hydrogen-bond acceptors (Lipinski definition) is 5. The topological polar surface area (TPSA) is 68.9 Å². The molecule has 0 spiro atoms. The monoisotopic (exact) mass is 335 g/mol. The number of rotatable bonds is 3. The number of aromatic nitrogens is 3. The molecule has 2 rings (SSSR count). The van der Waals surface area contributed by atoms with Gasteiger partial charge >= 0.3 is 12.1 Å². The van der Waals surface area contributed by atoms with Gasteiger partial charge in [0.25, 0.3) is 0 Å². The number of carbonyl (C=O) groups excluding carboxylic acids is 1. The summed E-state index contributed by atoms with van der Waals surface area (Å²) in [7, 11) is 0. The van der Waals surface area contributed by atoms with E-state index in [1.807, 2.05) is 0 Å². The van der Waals surface area contributed by atoms with Crippen LogP contribution < -0.4 is 0 Å². The number of pyridine rings is 1. The molecule has 0 aliphatic heterocycles. The van der Waals surface area contributed by atoms with Gasteiger partial charge in [-0.2, -0.15) is 18.2 Å². The quantitative estimate of drug-likeness (QED) is 0.637.